The summed E-state index contributed by atoms with van der Waals surface area (Å²) in [6, 6.07) is 21.1. The van der Waals surface area contributed by atoms with Gasteiger partial charge in [0.05, 0.1) is 18.3 Å². The van der Waals surface area contributed by atoms with E-state index in [1.807, 2.05) is 72.9 Å². The molecule has 4 aromatic rings. The van der Waals surface area contributed by atoms with Crippen LogP contribution in [0.3, 0.4) is 0 Å². The number of aromatic amines is 1. The smallest absolute Gasteiger partial charge is 0.249 e. The molecular weight excluding hydrogens is 506 g/mol. The molecule has 0 spiro atoms. The average molecular weight is 540 g/mol. The monoisotopic (exact) mass is 539 g/mol. The van der Waals surface area contributed by atoms with E-state index >= 15 is 0 Å². The number of nitrogens with one attached hydrogen (secondary N) is 3. The number of fused-ring (bicyclic) bond motifs is 1. The number of amides is 3. The van der Waals surface area contributed by atoms with E-state index in [9.17, 15) is 14.4 Å². The van der Waals surface area contributed by atoms with Crippen molar-refractivity contribution in [3.8, 4) is 5.88 Å². The van der Waals surface area contributed by atoms with Crippen LogP contribution >= 0.6 is 0 Å². The summed E-state index contributed by atoms with van der Waals surface area (Å²) < 4.78 is 5.86. The Kier molecular flexibility index (Phi) is 8.96. The van der Waals surface area contributed by atoms with Gasteiger partial charge in [-0.15, -0.1) is 0 Å². The van der Waals surface area contributed by atoms with Crippen molar-refractivity contribution in [3.05, 3.63) is 102 Å². The van der Waals surface area contributed by atoms with Gasteiger partial charge in [0, 0.05) is 42.9 Å². The summed E-state index contributed by atoms with van der Waals surface area (Å²) in [6.07, 6.45) is 6.85. The lowest BCUT2D eigenvalue weighted by Crippen LogP contribution is -2.57. The van der Waals surface area contributed by atoms with Gasteiger partial charge in [0.25, 0.3) is 0 Å². The minimum Gasteiger partial charge on any atom is -0.473 e. The fourth-order valence-corrected chi connectivity index (χ4v) is 4.14. The van der Waals surface area contributed by atoms with Gasteiger partial charge in [0.1, 0.15) is 12.1 Å². The molecule has 0 aliphatic heterocycles. The molecule has 2 aromatic carbocycles. The van der Waals surface area contributed by atoms with E-state index in [1.54, 1.807) is 32.3 Å². The number of aromatic nitrogens is 2. The van der Waals surface area contributed by atoms with Gasteiger partial charge in [0.15, 0.2) is 0 Å². The van der Waals surface area contributed by atoms with Crippen LogP contribution in [0.2, 0.25) is 0 Å². The number of nitrogens with zero attached hydrogens (tertiary/aromatic N) is 2. The third-order valence-electron chi connectivity index (χ3n) is 6.48. The molecule has 0 saturated heterocycles. The van der Waals surface area contributed by atoms with Crippen LogP contribution in [0.15, 0.2) is 85.3 Å². The number of pyridine rings is 1. The van der Waals surface area contributed by atoms with Gasteiger partial charge in [-0.25, -0.2) is 4.98 Å². The van der Waals surface area contributed by atoms with E-state index in [0.29, 0.717) is 12.5 Å². The van der Waals surface area contributed by atoms with Crippen LogP contribution < -0.4 is 15.4 Å². The quantitative estimate of drug-likeness (QED) is 0.265. The van der Waals surface area contributed by atoms with Gasteiger partial charge < -0.3 is 25.3 Å². The van der Waals surface area contributed by atoms with Gasteiger partial charge in [-0.3, -0.25) is 14.4 Å². The van der Waals surface area contributed by atoms with Gasteiger partial charge in [-0.1, -0.05) is 60.7 Å². The van der Waals surface area contributed by atoms with E-state index in [0.717, 1.165) is 27.6 Å². The first-order valence-electron chi connectivity index (χ1n) is 12.9. The Hall–Kier alpha value is -4.92. The number of hydrogen-bond donors (Lipinski definition) is 3. The normalized spacial score (nSPS) is 11.4. The predicted octanol–water partition coefficient (Wildman–Crippen LogP) is 4.17. The molecule has 2 heterocycles. The summed E-state index contributed by atoms with van der Waals surface area (Å²) in [5.41, 5.74) is 2.37. The van der Waals surface area contributed by atoms with Crippen molar-refractivity contribution in [2.75, 3.05) is 6.54 Å². The molecule has 0 bridgehead atoms. The summed E-state index contributed by atoms with van der Waals surface area (Å²) in [7, 11) is 0. The molecule has 0 fully saturated rings. The minimum absolute atomic E-state index is 0.202. The van der Waals surface area contributed by atoms with E-state index < -0.39 is 5.54 Å². The highest BCUT2D eigenvalue weighted by Crippen LogP contribution is 2.24. The second-order valence-corrected chi connectivity index (χ2v) is 9.83. The van der Waals surface area contributed by atoms with Crippen LogP contribution in [0.4, 0.5) is 0 Å². The molecule has 0 aliphatic carbocycles. The lowest BCUT2D eigenvalue weighted by molar-refractivity contribution is -0.146. The lowest BCUT2D eigenvalue weighted by atomic mass is 9.99. The Labute approximate surface area is 233 Å². The van der Waals surface area contributed by atoms with Crippen molar-refractivity contribution in [1.29, 1.82) is 0 Å². The molecule has 3 amide bonds. The lowest BCUT2D eigenvalue weighted by Gasteiger charge is -2.37. The molecule has 4 rings (SSSR count). The highest BCUT2D eigenvalue weighted by atomic mass is 16.5. The Morgan fingerprint density at radius 2 is 1.70 bits per heavy atom. The topological polar surface area (TPSA) is 116 Å². The molecule has 206 valence electrons. The molecular formula is C31H33N5O4. The van der Waals surface area contributed by atoms with Gasteiger partial charge in [-0.05, 0) is 31.1 Å². The first-order chi connectivity index (χ1) is 19.2. The van der Waals surface area contributed by atoms with Crippen molar-refractivity contribution in [1.82, 2.24) is 25.5 Å². The maximum atomic E-state index is 13.3. The molecule has 0 saturated carbocycles. The second-order valence-electron chi connectivity index (χ2n) is 9.83. The average Bonchev–Trinajstić information content (AvgIpc) is 3.36. The Bertz CT molecular complexity index is 1500. The van der Waals surface area contributed by atoms with Crippen LogP contribution in [-0.4, -0.2) is 44.7 Å². The highest BCUT2D eigenvalue weighted by molar-refractivity contribution is 5.94. The van der Waals surface area contributed by atoms with E-state index in [1.165, 1.54) is 11.8 Å². The summed E-state index contributed by atoms with van der Waals surface area (Å²) in [4.78, 5) is 46.8. The summed E-state index contributed by atoms with van der Waals surface area (Å²) in [6.45, 7) is 5.12. The Morgan fingerprint density at radius 3 is 2.38 bits per heavy atom. The number of H-pyrrole nitrogens is 1. The van der Waals surface area contributed by atoms with Crippen molar-refractivity contribution >= 4 is 34.7 Å². The van der Waals surface area contributed by atoms with E-state index in [2.05, 4.69) is 20.6 Å². The maximum Gasteiger partial charge on any atom is 0.249 e. The van der Waals surface area contributed by atoms with Crippen LogP contribution in [0, 0.1) is 0 Å². The number of rotatable bonds is 11. The number of ether oxygens (including phenoxy) is 1. The first kappa shape index (κ1) is 28.1. The summed E-state index contributed by atoms with van der Waals surface area (Å²) in [5.74, 6) is -0.564. The fraction of sp³-hybridized carbons (Fsp3) is 0.226. The highest BCUT2D eigenvalue weighted by Gasteiger charge is 2.37. The predicted molar refractivity (Wildman–Crippen MR) is 154 cm³/mol. The van der Waals surface area contributed by atoms with Gasteiger partial charge >= 0.3 is 0 Å². The molecule has 3 N–H and O–H groups in total. The maximum absolute atomic E-state index is 13.3. The Morgan fingerprint density at radius 1 is 1.02 bits per heavy atom. The van der Waals surface area contributed by atoms with Crippen LogP contribution in [0.5, 0.6) is 5.88 Å². The standard InChI is InChI=1S/C31H33N5O4/c1-22(37)33-19-29(38)36(20-23-10-6-4-7-11-23)31(2,3)30(39)32-15-14-25-17-34-27-18-35-28(16-26(25)27)40-21-24-12-8-5-9-13-24/h4-18,34H,19-21H2,1-3H3,(H,32,39)(H,33,37). The fourth-order valence-electron chi connectivity index (χ4n) is 4.14. The first-order valence-corrected chi connectivity index (χ1v) is 12.9. The van der Waals surface area contributed by atoms with Gasteiger partial charge in [0.2, 0.25) is 23.6 Å². The van der Waals surface area contributed by atoms with Crippen molar-refractivity contribution < 1.29 is 19.1 Å². The molecule has 40 heavy (non-hydrogen) atoms. The molecule has 0 atom stereocenters. The SMILES string of the molecule is CC(=O)NCC(=O)N(Cc1ccccc1)C(C)(C)C(=O)NC=Cc1c[nH]c2cnc(OCc3ccccc3)cc12. The van der Waals surface area contributed by atoms with Crippen LogP contribution in [0.25, 0.3) is 17.0 Å². The molecule has 9 nitrogen and oxygen atoms in total. The molecule has 0 radical (unpaired) electrons. The number of carbonyl (C=O) groups excluding carboxylic acids is 3. The third kappa shape index (κ3) is 7.13. The zero-order valence-electron chi connectivity index (χ0n) is 22.8. The summed E-state index contributed by atoms with van der Waals surface area (Å²) in [5, 5.41) is 6.23. The van der Waals surface area contributed by atoms with Crippen molar-refractivity contribution in [2.24, 2.45) is 0 Å². The van der Waals surface area contributed by atoms with E-state index in [-0.39, 0.29) is 30.8 Å². The summed E-state index contributed by atoms with van der Waals surface area (Å²) >= 11 is 0. The molecule has 0 aliphatic rings. The Balaban J connectivity index is 1.46. The van der Waals surface area contributed by atoms with Crippen molar-refractivity contribution in [3.63, 3.8) is 0 Å². The third-order valence-corrected chi connectivity index (χ3v) is 6.48. The van der Waals surface area contributed by atoms with Crippen LogP contribution in [0.1, 0.15) is 37.5 Å². The second kappa shape index (κ2) is 12.8. The number of benzene rings is 2. The largest absolute Gasteiger partial charge is 0.473 e. The zero-order valence-corrected chi connectivity index (χ0v) is 22.8. The van der Waals surface area contributed by atoms with E-state index in [4.69, 9.17) is 4.74 Å². The van der Waals surface area contributed by atoms with Crippen LogP contribution in [-0.2, 0) is 27.5 Å². The van der Waals surface area contributed by atoms with Crippen molar-refractivity contribution in [2.45, 2.75) is 39.5 Å². The molecule has 9 heteroatoms. The molecule has 0 unspecified atom stereocenters. The molecule has 2 aromatic heterocycles. The zero-order chi connectivity index (χ0) is 28.5. The number of hydrogen-bond acceptors (Lipinski definition) is 5. The minimum atomic E-state index is -1.21. The van der Waals surface area contributed by atoms with Gasteiger partial charge in [-0.2, -0.15) is 0 Å². The number of carbonyl (C=O) groups is 3.